The third-order valence-corrected chi connectivity index (χ3v) is 4.89. The largest absolute Gasteiger partial charge is 0.320 e. The standard InChI is InChI=1S/C15H11Cl2F2NOS/c1-8(22-14-9(16)4-2-5-10(14)17)15(21)20-13-11(18)6-3-7-12(13)19/h2-8H,1H3,(H,20,21)/t8-/m0/s1. The smallest absolute Gasteiger partial charge is 0.237 e. The average molecular weight is 362 g/mol. The van der Waals surface area contributed by atoms with Gasteiger partial charge >= 0.3 is 0 Å². The van der Waals surface area contributed by atoms with E-state index in [4.69, 9.17) is 23.2 Å². The van der Waals surface area contributed by atoms with Crippen LogP contribution in [-0.2, 0) is 4.79 Å². The van der Waals surface area contributed by atoms with Gasteiger partial charge in [-0.2, -0.15) is 0 Å². The van der Waals surface area contributed by atoms with Crippen molar-refractivity contribution in [3.63, 3.8) is 0 Å². The summed E-state index contributed by atoms with van der Waals surface area (Å²) < 4.78 is 27.1. The monoisotopic (exact) mass is 361 g/mol. The fourth-order valence-corrected chi connectivity index (χ4v) is 3.21. The summed E-state index contributed by atoms with van der Waals surface area (Å²) in [6.45, 7) is 1.60. The Kier molecular flexibility index (Phi) is 5.67. The van der Waals surface area contributed by atoms with E-state index in [0.717, 1.165) is 23.9 Å². The van der Waals surface area contributed by atoms with E-state index in [1.165, 1.54) is 6.07 Å². The maximum Gasteiger partial charge on any atom is 0.237 e. The predicted octanol–water partition coefficient (Wildman–Crippen LogP) is 5.39. The van der Waals surface area contributed by atoms with Gasteiger partial charge in [0.1, 0.15) is 17.3 Å². The van der Waals surface area contributed by atoms with Gasteiger partial charge in [0.25, 0.3) is 0 Å². The summed E-state index contributed by atoms with van der Waals surface area (Å²) in [7, 11) is 0. The van der Waals surface area contributed by atoms with Crippen LogP contribution >= 0.6 is 35.0 Å². The first-order valence-corrected chi connectivity index (χ1v) is 7.89. The average Bonchev–Trinajstić information content (AvgIpc) is 2.46. The molecule has 0 aliphatic carbocycles. The molecule has 116 valence electrons. The number of thioether (sulfide) groups is 1. The topological polar surface area (TPSA) is 29.1 Å². The highest BCUT2D eigenvalue weighted by Crippen LogP contribution is 2.36. The molecule has 0 spiro atoms. The first kappa shape index (κ1) is 17.1. The van der Waals surface area contributed by atoms with E-state index in [-0.39, 0.29) is 0 Å². The van der Waals surface area contributed by atoms with Crippen molar-refractivity contribution in [1.29, 1.82) is 0 Å². The second-order valence-corrected chi connectivity index (χ2v) is 6.56. The zero-order chi connectivity index (χ0) is 16.3. The van der Waals surface area contributed by atoms with E-state index in [9.17, 15) is 13.6 Å². The predicted molar refractivity (Wildman–Crippen MR) is 86.8 cm³/mol. The molecule has 22 heavy (non-hydrogen) atoms. The van der Waals surface area contributed by atoms with Crippen LogP contribution in [0.1, 0.15) is 6.92 Å². The number of carbonyl (C=O) groups excluding carboxylic acids is 1. The van der Waals surface area contributed by atoms with Crippen LogP contribution in [0.15, 0.2) is 41.3 Å². The van der Waals surface area contributed by atoms with Crippen molar-refractivity contribution in [3.05, 3.63) is 58.1 Å². The maximum atomic E-state index is 13.5. The van der Waals surface area contributed by atoms with Crippen LogP contribution in [0.25, 0.3) is 0 Å². The molecule has 0 saturated heterocycles. The van der Waals surface area contributed by atoms with Crippen molar-refractivity contribution in [1.82, 2.24) is 0 Å². The van der Waals surface area contributed by atoms with Crippen LogP contribution in [0.4, 0.5) is 14.5 Å². The molecule has 0 aliphatic heterocycles. The lowest BCUT2D eigenvalue weighted by Gasteiger charge is -2.14. The number of para-hydroxylation sites is 1. The van der Waals surface area contributed by atoms with E-state index < -0.39 is 28.5 Å². The lowest BCUT2D eigenvalue weighted by molar-refractivity contribution is -0.115. The fourth-order valence-electron chi connectivity index (χ4n) is 1.67. The van der Waals surface area contributed by atoms with Crippen LogP contribution in [0.5, 0.6) is 0 Å². The molecular weight excluding hydrogens is 351 g/mol. The van der Waals surface area contributed by atoms with Crippen molar-refractivity contribution >= 4 is 46.6 Å². The van der Waals surface area contributed by atoms with Crippen LogP contribution in [0.2, 0.25) is 10.0 Å². The van der Waals surface area contributed by atoms with Crippen LogP contribution in [0, 0.1) is 11.6 Å². The number of carbonyl (C=O) groups is 1. The zero-order valence-corrected chi connectivity index (χ0v) is 13.7. The lowest BCUT2D eigenvalue weighted by Crippen LogP contribution is -2.23. The number of nitrogens with one attached hydrogen (secondary N) is 1. The number of rotatable bonds is 4. The molecule has 0 bridgehead atoms. The van der Waals surface area contributed by atoms with Gasteiger partial charge < -0.3 is 5.32 Å². The molecule has 2 nitrogen and oxygen atoms in total. The summed E-state index contributed by atoms with van der Waals surface area (Å²) in [6, 6.07) is 8.35. The third-order valence-electron chi connectivity index (χ3n) is 2.79. The van der Waals surface area contributed by atoms with E-state index in [1.807, 2.05) is 0 Å². The van der Waals surface area contributed by atoms with Crippen molar-refractivity contribution in [2.24, 2.45) is 0 Å². The molecule has 7 heteroatoms. The molecule has 0 radical (unpaired) electrons. The summed E-state index contributed by atoms with van der Waals surface area (Å²) in [4.78, 5) is 12.6. The molecule has 1 atom stereocenters. The van der Waals surface area contributed by atoms with Crippen molar-refractivity contribution in [2.75, 3.05) is 5.32 Å². The van der Waals surface area contributed by atoms with Crippen LogP contribution in [0.3, 0.4) is 0 Å². The Balaban J connectivity index is 2.13. The maximum absolute atomic E-state index is 13.5. The summed E-state index contributed by atoms with van der Waals surface area (Å²) >= 11 is 13.2. The molecule has 2 aromatic rings. The van der Waals surface area contributed by atoms with Gasteiger partial charge in [0.05, 0.1) is 15.3 Å². The quantitative estimate of drug-likeness (QED) is 0.739. The molecular formula is C15H11Cl2F2NOS. The van der Waals surface area contributed by atoms with Gasteiger partial charge in [-0.05, 0) is 31.2 Å². The zero-order valence-electron chi connectivity index (χ0n) is 11.4. The number of amides is 1. The van der Waals surface area contributed by atoms with Crippen LogP contribution in [-0.4, -0.2) is 11.2 Å². The minimum Gasteiger partial charge on any atom is -0.320 e. The van der Waals surface area contributed by atoms with Gasteiger partial charge in [0.15, 0.2) is 0 Å². The third kappa shape index (κ3) is 3.91. The van der Waals surface area contributed by atoms with Crippen LogP contribution < -0.4 is 5.32 Å². The van der Waals surface area contributed by atoms with E-state index in [2.05, 4.69) is 5.32 Å². The highest BCUT2D eigenvalue weighted by atomic mass is 35.5. The van der Waals surface area contributed by atoms with Gasteiger partial charge in [0, 0.05) is 4.90 Å². The molecule has 0 aromatic heterocycles. The number of halogens is 4. The number of benzene rings is 2. The molecule has 2 aromatic carbocycles. The van der Waals surface area contributed by atoms with Gasteiger partial charge in [-0.25, -0.2) is 8.78 Å². The van der Waals surface area contributed by atoms with Gasteiger partial charge in [0.2, 0.25) is 5.91 Å². The fraction of sp³-hybridized carbons (Fsp3) is 0.133. The Morgan fingerprint density at radius 1 is 1.09 bits per heavy atom. The summed E-state index contributed by atoms with van der Waals surface area (Å²) in [5.74, 6) is -2.22. The Bertz CT molecular complexity index is 671. The number of hydrogen-bond acceptors (Lipinski definition) is 2. The summed E-state index contributed by atoms with van der Waals surface area (Å²) in [6.07, 6.45) is 0. The van der Waals surface area contributed by atoms with Crippen molar-refractivity contribution < 1.29 is 13.6 Å². The second kappa shape index (κ2) is 7.31. The molecule has 0 saturated carbocycles. The number of anilines is 1. The van der Waals surface area contributed by atoms with E-state index in [0.29, 0.717) is 14.9 Å². The minimum atomic E-state index is -0.832. The highest BCUT2D eigenvalue weighted by molar-refractivity contribution is 8.00. The Labute approximate surface area is 140 Å². The Morgan fingerprint density at radius 3 is 2.14 bits per heavy atom. The van der Waals surface area contributed by atoms with Gasteiger partial charge in [-0.1, -0.05) is 35.3 Å². The lowest BCUT2D eigenvalue weighted by atomic mass is 10.3. The van der Waals surface area contributed by atoms with E-state index >= 15 is 0 Å². The SMILES string of the molecule is C[C@H](Sc1c(Cl)cccc1Cl)C(=O)Nc1c(F)cccc1F. The molecule has 0 aliphatic rings. The molecule has 0 fully saturated rings. The highest BCUT2D eigenvalue weighted by Gasteiger charge is 2.20. The Hall–Kier alpha value is -1.30. The van der Waals surface area contributed by atoms with Gasteiger partial charge in [-0.3, -0.25) is 4.79 Å². The van der Waals surface area contributed by atoms with Crippen molar-refractivity contribution in [3.8, 4) is 0 Å². The summed E-state index contributed by atoms with van der Waals surface area (Å²) in [5, 5.41) is 2.42. The first-order valence-electron chi connectivity index (χ1n) is 6.25. The molecule has 0 heterocycles. The number of hydrogen-bond donors (Lipinski definition) is 1. The molecule has 1 amide bonds. The summed E-state index contributed by atoms with van der Waals surface area (Å²) in [5.41, 5.74) is -0.467. The molecule has 0 unspecified atom stereocenters. The molecule has 1 N–H and O–H groups in total. The second-order valence-electron chi connectivity index (χ2n) is 4.40. The van der Waals surface area contributed by atoms with E-state index in [1.54, 1.807) is 25.1 Å². The first-order chi connectivity index (χ1) is 10.4. The normalized spacial score (nSPS) is 12.0. The minimum absolute atomic E-state index is 0.411. The van der Waals surface area contributed by atoms with Gasteiger partial charge in [-0.15, -0.1) is 11.8 Å². The van der Waals surface area contributed by atoms with Crippen molar-refractivity contribution in [2.45, 2.75) is 17.1 Å². The molecule has 2 rings (SSSR count). The Morgan fingerprint density at radius 2 is 1.59 bits per heavy atom.